The van der Waals surface area contributed by atoms with Gasteiger partial charge >= 0.3 is 0 Å². The Hall–Kier alpha value is -9.63. The summed E-state index contributed by atoms with van der Waals surface area (Å²) in [7, 11) is 0. The molecule has 0 amide bonds. The molecule has 11 aromatic rings. The molecule has 0 saturated carbocycles. The smallest absolute Gasteiger partial charge is 0.198 e. The highest BCUT2D eigenvalue weighted by atomic mass is 19.2. The van der Waals surface area contributed by atoms with Gasteiger partial charge in [0.1, 0.15) is 0 Å². The fourth-order valence-corrected chi connectivity index (χ4v) is 10.5. The molecule has 0 nitrogen and oxygen atoms in total. The molecule has 0 spiro atoms. The van der Waals surface area contributed by atoms with Crippen molar-refractivity contribution in [3.63, 3.8) is 0 Å². The summed E-state index contributed by atoms with van der Waals surface area (Å²) >= 11 is 0. The molecule has 0 radical (unpaired) electrons. The fourth-order valence-electron chi connectivity index (χ4n) is 10.5. The Bertz CT molecular complexity index is 4870. The van der Waals surface area contributed by atoms with Crippen molar-refractivity contribution < 1.29 is 123 Å². The van der Waals surface area contributed by atoms with Crippen LogP contribution in [0.4, 0.5) is 123 Å². The second-order valence-electron chi connectivity index (χ2n) is 18.5. The lowest BCUT2D eigenvalue weighted by molar-refractivity contribution is 0.410. The Balaban J connectivity index is 1.69. The van der Waals surface area contributed by atoms with Crippen LogP contribution < -0.4 is 0 Å². The van der Waals surface area contributed by atoms with Gasteiger partial charge in [0.15, 0.2) is 163 Å². The van der Waals surface area contributed by atoms with E-state index in [1.807, 2.05) is 0 Å². The summed E-state index contributed by atoms with van der Waals surface area (Å²) in [6.07, 6.45) is 0. The quantitative estimate of drug-likeness (QED) is 0.0490. The Morgan fingerprint density at radius 1 is 0.172 bits per heavy atom. The second kappa shape index (κ2) is 20.5. The van der Waals surface area contributed by atoms with Crippen molar-refractivity contribution in [2.45, 2.75) is 0 Å². The third-order valence-corrected chi connectivity index (χ3v) is 14.1. The van der Waals surface area contributed by atoms with Crippen molar-refractivity contribution in [1.29, 1.82) is 0 Å². The third kappa shape index (κ3) is 7.96. The summed E-state index contributed by atoms with van der Waals surface area (Å²) in [4.78, 5) is 0. The van der Waals surface area contributed by atoms with Crippen LogP contribution in [0, 0.1) is 169 Å². The summed E-state index contributed by atoms with van der Waals surface area (Å²) in [5.41, 5.74) is -26.2. The summed E-state index contributed by atoms with van der Waals surface area (Å²) in [6, 6.07) is 8.88. The Kier molecular flexibility index (Phi) is 13.9. The van der Waals surface area contributed by atoms with Crippen LogP contribution in [-0.4, -0.2) is 0 Å². The molecule has 0 bridgehead atoms. The van der Waals surface area contributed by atoms with Gasteiger partial charge in [-0.15, -0.1) is 0 Å². The van der Waals surface area contributed by atoms with Gasteiger partial charge in [-0.2, -0.15) is 0 Å². The fraction of sp³-hybridized carbons (Fsp3) is 0. The van der Waals surface area contributed by atoms with Crippen LogP contribution in [0.1, 0.15) is 16.7 Å². The minimum absolute atomic E-state index is 0.393. The van der Waals surface area contributed by atoms with Crippen LogP contribution in [-0.2, 0) is 0 Å². The number of rotatable bonds is 7. The molecule has 0 saturated heterocycles. The van der Waals surface area contributed by atoms with Crippen molar-refractivity contribution in [2.75, 3.05) is 0 Å². The van der Waals surface area contributed by atoms with E-state index in [9.17, 15) is 0 Å². The highest BCUT2D eigenvalue weighted by molar-refractivity contribution is 6.18. The van der Waals surface area contributed by atoms with Crippen LogP contribution in [0.15, 0.2) is 66.7 Å². The van der Waals surface area contributed by atoms with Crippen LogP contribution in [0.3, 0.4) is 0 Å². The van der Waals surface area contributed by atoms with Gasteiger partial charge in [0, 0.05) is 60.5 Å². The number of fused-ring (bicyclic) bond motifs is 4. The molecule has 0 heterocycles. The van der Waals surface area contributed by atoms with Gasteiger partial charge in [0.05, 0.1) is 49.7 Å². The van der Waals surface area contributed by atoms with Gasteiger partial charge in [-0.05, 0) is 54.6 Å². The van der Waals surface area contributed by atoms with Gasteiger partial charge < -0.3 is 0 Å². The lowest BCUT2D eigenvalue weighted by Crippen LogP contribution is -2.15. The summed E-state index contributed by atoms with van der Waals surface area (Å²) in [6.45, 7) is 0. The number of halogens is 28. The summed E-state index contributed by atoms with van der Waals surface area (Å²) < 4.78 is 460. The monoisotopic (exact) mass is 1250 g/mol. The van der Waals surface area contributed by atoms with Gasteiger partial charge in [-0.1, -0.05) is 12.1 Å². The second-order valence-corrected chi connectivity index (χ2v) is 18.5. The summed E-state index contributed by atoms with van der Waals surface area (Å²) in [5.74, 6) is -93.9. The minimum atomic E-state index is -3.55. The van der Waals surface area contributed by atoms with Gasteiger partial charge in [-0.25, -0.2) is 123 Å². The van der Waals surface area contributed by atoms with Gasteiger partial charge in [0.2, 0.25) is 0 Å². The van der Waals surface area contributed by atoms with Crippen molar-refractivity contribution in [3.05, 3.63) is 252 Å². The predicted molar refractivity (Wildman–Crippen MR) is 250 cm³/mol. The molecule has 0 fully saturated rings. The van der Waals surface area contributed by atoms with Crippen molar-refractivity contribution in [3.8, 4) is 44.5 Å². The van der Waals surface area contributed by atoms with Gasteiger partial charge in [-0.3, -0.25) is 0 Å². The average Bonchev–Trinajstić information content (AvgIpc) is 0.698. The van der Waals surface area contributed by atoms with E-state index in [0.29, 0.717) is 0 Å². The van der Waals surface area contributed by atoms with Crippen LogP contribution in [0.5, 0.6) is 0 Å². The van der Waals surface area contributed by atoms with E-state index in [1.54, 1.807) is 0 Å². The molecule has 0 aliphatic carbocycles. The zero-order valence-electron chi connectivity index (χ0n) is 40.9. The zero-order chi connectivity index (χ0) is 63.5. The lowest BCUT2D eigenvalue weighted by atomic mass is 9.72. The molecule has 0 aliphatic heterocycles. The molecule has 87 heavy (non-hydrogen) atoms. The maximum atomic E-state index is 18.0. The predicted octanol–water partition coefficient (Wildman–Crippen LogP) is 19.9. The van der Waals surface area contributed by atoms with Crippen LogP contribution in [0.25, 0.3) is 87.6 Å². The van der Waals surface area contributed by atoms with E-state index in [0.717, 1.165) is 60.7 Å². The zero-order valence-corrected chi connectivity index (χ0v) is 40.9. The maximum absolute atomic E-state index is 18.0. The molecule has 0 aliphatic rings. The topological polar surface area (TPSA) is 0 Å². The SMILES string of the molecule is Fc1c(F)c(F)c2c(-c3cc([C+](c4ccccc4)c4ccccc4)c(-c4c(F)c(F)c(F)c5c(F)c(F)c(F)c(F)c45)c(-c4c(F)c(F)c(F)c5c(F)c(F)c(F)c(F)c45)c3-c3c(F)c(F)c(F)c4c(F)c(F)c(F)c(F)c34)c(F)c(F)c(F)c2c1F. The first-order valence-electron chi connectivity index (χ1n) is 23.4. The average molecular weight is 1250 g/mol. The van der Waals surface area contributed by atoms with Gasteiger partial charge in [0.25, 0.3) is 0 Å². The minimum Gasteiger partial charge on any atom is -0.203 e. The number of hydrogen-bond acceptors (Lipinski definition) is 0. The molecular formula is C59H11F28+. The molecule has 11 aromatic carbocycles. The van der Waals surface area contributed by atoms with E-state index >= 15 is 123 Å². The molecule has 28 heteroatoms. The van der Waals surface area contributed by atoms with Crippen LogP contribution >= 0.6 is 0 Å². The molecule has 0 atom stereocenters. The summed E-state index contributed by atoms with van der Waals surface area (Å²) in [5, 5.41) is -22.5. The maximum Gasteiger partial charge on any atom is 0.198 e. The molecule has 0 aromatic heterocycles. The molecule has 0 N–H and O–H groups in total. The number of hydrogen-bond donors (Lipinski definition) is 0. The van der Waals surface area contributed by atoms with E-state index < -0.39 is 279 Å². The molecular weight excluding hydrogens is 1240 g/mol. The van der Waals surface area contributed by atoms with Crippen LogP contribution in [0.2, 0.25) is 0 Å². The van der Waals surface area contributed by atoms with E-state index in [1.165, 1.54) is 0 Å². The van der Waals surface area contributed by atoms with Crippen molar-refractivity contribution in [2.24, 2.45) is 0 Å². The van der Waals surface area contributed by atoms with E-state index in [4.69, 9.17) is 0 Å². The highest BCUT2D eigenvalue weighted by Crippen LogP contribution is 2.59. The molecule has 11 rings (SSSR count). The largest absolute Gasteiger partial charge is 0.203 e. The first-order chi connectivity index (χ1) is 40.9. The van der Waals surface area contributed by atoms with E-state index in [-0.39, 0.29) is 0 Å². The molecule has 0 unspecified atom stereocenters. The third-order valence-electron chi connectivity index (χ3n) is 14.1. The first-order valence-corrected chi connectivity index (χ1v) is 23.4. The highest BCUT2D eigenvalue weighted by Gasteiger charge is 2.45. The Morgan fingerprint density at radius 3 is 0.655 bits per heavy atom. The van der Waals surface area contributed by atoms with Crippen molar-refractivity contribution >= 4 is 43.1 Å². The molecule has 442 valence electrons. The first kappa shape index (κ1) is 59.1. The lowest BCUT2D eigenvalue weighted by Gasteiger charge is -2.28. The Labute approximate surface area is 462 Å². The normalized spacial score (nSPS) is 11.9. The van der Waals surface area contributed by atoms with E-state index in [2.05, 4.69) is 0 Å². The van der Waals surface area contributed by atoms with Crippen molar-refractivity contribution in [1.82, 2.24) is 0 Å². The number of benzene rings is 11. The Morgan fingerprint density at radius 2 is 0.379 bits per heavy atom. The standard InChI is InChI=1S/C59H11F28/c60-32-19(23-28(40(68)48(32)76)44(72)56(84)52(80)35(23)63)15-11-14(16(12-7-3-1-4-8-12)13-9-5-2-6-10-13)17(21-25-29(41(69)49(77)33(21)61)45(73)57(85)53(81)37(25)65)20(24-27-31(43(71)51(79)36(24)64)47(75)59(87)55(83)39(27)67)18(15)22-26-30(42(70)50(78)34(22)62)46(74)58(86)54(82)38(26)66/h1-11H/q+1.